The molecule has 2 aromatic rings. The fourth-order valence-corrected chi connectivity index (χ4v) is 3.27. The van der Waals surface area contributed by atoms with Gasteiger partial charge in [0.15, 0.2) is 23.2 Å². The zero-order valence-electron chi connectivity index (χ0n) is 14.8. The van der Waals surface area contributed by atoms with Crippen LogP contribution in [-0.4, -0.2) is 72.1 Å². The number of fused-ring (bicyclic) bond motifs is 1. The molecule has 0 radical (unpaired) electrons. The molecule has 6 N–H and O–H groups in total. The van der Waals surface area contributed by atoms with Gasteiger partial charge in [0.05, 0.1) is 6.10 Å². The fourth-order valence-electron chi connectivity index (χ4n) is 2.78. The van der Waals surface area contributed by atoms with Gasteiger partial charge in [0.2, 0.25) is 0 Å². The summed E-state index contributed by atoms with van der Waals surface area (Å²) in [6.45, 7) is 1.61. The van der Waals surface area contributed by atoms with Crippen LogP contribution in [0.15, 0.2) is 6.33 Å². The van der Waals surface area contributed by atoms with Gasteiger partial charge in [-0.05, 0) is 25.4 Å². The van der Waals surface area contributed by atoms with Crippen molar-refractivity contribution in [2.45, 2.75) is 43.9 Å². The highest BCUT2D eigenvalue weighted by atomic mass is 32.2. The van der Waals surface area contributed by atoms with E-state index >= 15 is 0 Å². The molecule has 0 saturated carbocycles. The van der Waals surface area contributed by atoms with E-state index in [9.17, 15) is 15.0 Å². The van der Waals surface area contributed by atoms with Gasteiger partial charge in [-0.1, -0.05) is 0 Å². The van der Waals surface area contributed by atoms with Crippen molar-refractivity contribution in [3.05, 3.63) is 6.33 Å². The first-order chi connectivity index (χ1) is 12.8. The molecule has 3 rings (SSSR count). The summed E-state index contributed by atoms with van der Waals surface area (Å²) in [6, 6.07) is -1.03. The Kier molecular flexibility index (Phi) is 5.81. The number of thioether (sulfide) groups is 1. The zero-order chi connectivity index (χ0) is 19.7. The Morgan fingerprint density at radius 2 is 2.19 bits per heavy atom. The van der Waals surface area contributed by atoms with Gasteiger partial charge in [0, 0.05) is 0 Å². The number of rotatable bonds is 6. The molecule has 1 aliphatic rings. The highest BCUT2D eigenvalue weighted by molar-refractivity contribution is 7.98. The molecule has 0 aliphatic carbocycles. The number of carbonyl (C=O) groups excluding carboxylic acids is 1. The zero-order valence-corrected chi connectivity index (χ0v) is 15.7. The Balaban J connectivity index is 1.99. The second-order valence-corrected chi connectivity index (χ2v) is 7.20. The number of aromatic nitrogens is 4. The average molecular weight is 398 g/mol. The highest BCUT2D eigenvalue weighted by Crippen LogP contribution is 2.35. The van der Waals surface area contributed by atoms with E-state index in [0.29, 0.717) is 12.2 Å². The summed E-state index contributed by atoms with van der Waals surface area (Å²) in [6.07, 6.45) is -0.568. The molecule has 1 aliphatic heterocycles. The van der Waals surface area contributed by atoms with E-state index in [1.54, 1.807) is 18.7 Å². The first-order valence-electron chi connectivity index (χ1n) is 8.31. The molecular weight excluding hydrogens is 376 g/mol. The van der Waals surface area contributed by atoms with Crippen LogP contribution in [0.1, 0.15) is 19.6 Å². The van der Waals surface area contributed by atoms with E-state index < -0.39 is 36.6 Å². The fraction of sp³-hybridized carbons (Fsp3) is 0.600. The number of hydrogen-bond donors (Lipinski definition) is 4. The maximum absolute atomic E-state index is 12.3. The van der Waals surface area contributed by atoms with Crippen molar-refractivity contribution in [3.8, 4) is 6.01 Å². The summed E-state index contributed by atoms with van der Waals surface area (Å²) in [5, 5.41) is 20.4. The van der Waals surface area contributed by atoms with Crippen LogP contribution in [0, 0.1) is 0 Å². The number of aliphatic hydroxyl groups is 2. The Bertz CT molecular complexity index is 832. The highest BCUT2D eigenvalue weighted by Gasteiger charge is 2.44. The molecule has 1 saturated heterocycles. The largest absolute Gasteiger partial charge is 0.391 e. The molecule has 12 heteroatoms. The van der Waals surface area contributed by atoms with Gasteiger partial charge in [0.1, 0.15) is 24.6 Å². The van der Waals surface area contributed by atoms with Crippen LogP contribution in [0.4, 0.5) is 5.82 Å². The number of nitrogens with zero attached hydrogens (tertiary/aromatic N) is 4. The van der Waals surface area contributed by atoms with Crippen molar-refractivity contribution in [2.24, 2.45) is 5.73 Å². The number of anilines is 1. The second-order valence-electron chi connectivity index (χ2n) is 6.22. The van der Waals surface area contributed by atoms with E-state index in [0.717, 1.165) is 0 Å². The minimum atomic E-state index is -1.28. The number of imidazole rings is 1. The Hall–Kier alpha value is -1.99. The Morgan fingerprint density at radius 1 is 1.44 bits per heavy atom. The van der Waals surface area contributed by atoms with E-state index in [1.165, 1.54) is 10.9 Å². The van der Waals surface area contributed by atoms with Crippen LogP contribution in [0.3, 0.4) is 0 Å². The third-order valence-corrected chi connectivity index (χ3v) is 4.98. The SMILES string of the molecule is CSCC[C@H](N)C(=O)Oc1nc2c(N)ncnc2n1[C@@H]1O[C@H](C)[C@@H](O)[C@H]1O. The third-order valence-electron chi connectivity index (χ3n) is 4.33. The monoisotopic (exact) mass is 398 g/mol. The molecular formula is C15H22N6O5S. The molecule has 0 amide bonds. The molecule has 2 aromatic heterocycles. The van der Waals surface area contributed by atoms with Gasteiger partial charge in [-0.25, -0.2) is 19.3 Å². The summed E-state index contributed by atoms with van der Waals surface area (Å²) in [5.41, 5.74) is 12.1. The van der Waals surface area contributed by atoms with Crippen LogP contribution in [0.2, 0.25) is 0 Å². The minimum Gasteiger partial charge on any atom is -0.391 e. The number of aliphatic hydroxyl groups excluding tert-OH is 2. The normalized spacial score (nSPS) is 26.4. The molecule has 0 aromatic carbocycles. The number of carbonyl (C=O) groups is 1. The predicted octanol–water partition coefficient (Wildman–Crippen LogP) is -0.967. The van der Waals surface area contributed by atoms with Crippen LogP contribution >= 0.6 is 11.8 Å². The smallest absolute Gasteiger partial charge is 0.330 e. The molecule has 148 valence electrons. The first kappa shape index (κ1) is 19.8. The van der Waals surface area contributed by atoms with Crippen molar-refractivity contribution in [1.82, 2.24) is 19.5 Å². The quantitative estimate of drug-likeness (QED) is 0.441. The topological polar surface area (TPSA) is 172 Å². The van der Waals surface area contributed by atoms with Crippen molar-refractivity contribution in [1.29, 1.82) is 0 Å². The van der Waals surface area contributed by atoms with Crippen LogP contribution in [-0.2, 0) is 9.53 Å². The maximum atomic E-state index is 12.3. The Morgan fingerprint density at radius 3 is 2.81 bits per heavy atom. The van der Waals surface area contributed by atoms with Crippen LogP contribution in [0.5, 0.6) is 6.01 Å². The van der Waals surface area contributed by atoms with E-state index in [4.69, 9.17) is 20.9 Å². The van der Waals surface area contributed by atoms with Crippen molar-refractivity contribution >= 4 is 34.7 Å². The summed E-state index contributed by atoms with van der Waals surface area (Å²) in [4.78, 5) is 24.5. The average Bonchev–Trinajstić information content (AvgIpc) is 3.12. The lowest BCUT2D eigenvalue weighted by Gasteiger charge is -2.19. The molecule has 0 bridgehead atoms. The summed E-state index contributed by atoms with van der Waals surface area (Å²) in [7, 11) is 0. The molecule has 0 spiro atoms. The number of hydrogen-bond acceptors (Lipinski definition) is 11. The van der Waals surface area contributed by atoms with Gasteiger partial charge in [-0.15, -0.1) is 0 Å². The molecule has 3 heterocycles. The van der Waals surface area contributed by atoms with Crippen LogP contribution in [0.25, 0.3) is 11.2 Å². The Labute approximate surface area is 159 Å². The second kappa shape index (κ2) is 7.94. The van der Waals surface area contributed by atoms with Gasteiger partial charge in [-0.2, -0.15) is 16.7 Å². The number of ether oxygens (including phenoxy) is 2. The van der Waals surface area contributed by atoms with Gasteiger partial charge in [0.25, 0.3) is 0 Å². The number of esters is 1. The third kappa shape index (κ3) is 3.71. The summed E-state index contributed by atoms with van der Waals surface area (Å²) >= 11 is 1.56. The molecule has 27 heavy (non-hydrogen) atoms. The molecule has 11 nitrogen and oxygen atoms in total. The number of nitrogens with two attached hydrogens (primary N) is 2. The lowest BCUT2D eigenvalue weighted by atomic mass is 10.1. The lowest BCUT2D eigenvalue weighted by molar-refractivity contribution is -0.137. The number of nitrogen functional groups attached to an aromatic ring is 1. The predicted molar refractivity (Wildman–Crippen MR) is 97.9 cm³/mol. The minimum absolute atomic E-state index is 0.0730. The molecule has 1 fully saturated rings. The molecule has 5 atom stereocenters. The van der Waals surface area contributed by atoms with Gasteiger partial charge in [-0.3, -0.25) is 0 Å². The van der Waals surface area contributed by atoms with Crippen LogP contribution < -0.4 is 16.2 Å². The lowest BCUT2D eigenvalue weighted by Crippen LogP contribution is -2.36. The van der Waals surface area contributed by atoms with Gasteiger partial charge >= 0.3 is 12.0 Å². The standard InChI is InChI=1S/C15H22N6O5S/c1-6-9(22)10(23)13(25-6)21-12-8(11(17)18-5-19-12)20-15(21)26-14(24)7(16)3-4-27-2/h5-7,9-10,13,22-23H,3-4,16H2,1-2H3,(H2,17,18,19)/t6-,7+,9-,10-,13-/m1/s1. The van der Waals surface area contributed by atoms with Crippen molar-refractivity contribution < 1.29 is 24.5 Å². The maximum Gasteiger partial charge on any atom is 0.330 e. The van der Waals surface area contributed by atoms with E-state index in [2.05, 4.69) is 15.0 Å². The van der Waals surface area contributed by atoms with Gasteiger partial charge < -0.3 is 31.2 Å². The van der Waals surface area contributed by atoms with E-state index in [1.807, 2.05) is 6.26 Å². The first-order valence-corrected chi connectivity index (χ1v) is 9.70. The summed E-state index contributed by atoms with van der Waals surface area (Å²) in [5.74, 6) is 0.0799. The van der Waals surface area contributed by atoms with E-state index in [-0.39, 0.29) is 23.0 Å². The summed E-state index contributed by atoms with van der Waals surface area (Å²) < 4.78 is 12.3. The molecule has 0 unspecified atom stereocenters. The van der Waals surface area contributed by atoms with Crippen molar-refractivity contribution in [2.75, 3.05) is 17.7 Å². The van der Waals surface area contributed by atoms with Crippen molar-refractivity contribution in [3.63, 3.8) is 0 Å².